The van der Waals surface area contributed by atoms with Gasteiger partial charge in [-0.3, -0.25) is 14.5 Å². The second kappa shape index (κ2) is 8.48. The average Bonchev–Trinajstić information content (AvgIpc) is 3.01. The minimum atomic E-state index is -0.333. The number of methoxy groups -OCH3 is 1. The zero-order valence-corrected chi connectivity index (χ0v) is 17.8. The van der Waals surface area contributed by atoms with Crippen LogP contribution < -0.4 is 10.1 Å². The van der Waals surface area contributed by atoms with E-state index in [1.165, 1.54) is 4.90 Å². The number of nitrogens with zero attached hydrogens (tertiary/aromatic N) is 1. The van der Waals surface area contributed by atoms with E-state index in [1.807, 2.05) is 86.6 Å². The van der Waals surface area contributed by atoms with Crippen molar-refractivity contribution in [3.05, 3.63) is 101 Å². The van der Waals surface area contributed by atoms with Crippen molar-refractivity contribution in [2.24, 2.45) is 0 Å². The van der Waals surface area contributed by atoms with Crippen LogP contribution in [0.1, 0.15) is 22.3 Å². The number of anilines is 1. The first kappa shape index (κ1) is 20.4. The predicted octanol–water partition coefficient (Wildman–Crippen LogP) is 4.70. The second-order valence-corrected chi connectivity index (χ2v) is 7.60. The number of imide groups is 1. The van der Waals surface area contributed by atoms with Crippen molar-refractivity contribution in [1.29, 1.82) is 0 Å². The minimum Gasteiger partial charge on any atom is -0.497 e. The normalized spacial score (nSPS) is 13.7. The molecule has 4 rings (SSSR count). The fraction of sp³-hybridized carbons (Fsp3) is 0.154. The lowest BCUT2D eigenvalue weighted by Crippen LogP contribution is -2.32. The molecular formula is C26H24N2O3. The number of benzene rings is 3. The molecule has 5 heteroatoms. The smallest absolute Gasteiger partial charge is 0.278 e. The topological polar surface area (TPSA) is 58.6 Å². The Labute approximate surface area is 182 Å². The third-order valence-electron chi connectivity index (χ3n) is 5.38. The summed E-state index contributed by atoms with van der Waals surface area (Å²) in [5.74, 6) is 0.0867. The maximum absolute atomic E-state index is 13.4. The largest absolute Gasteiger partial charge is 0.497 e. The molecule has 2 amide bonds. The van der Waals surface area contributed by atoms with Gasteiger partial charge in [0.25, 0.3) is 11.8 Å². The van der Waals surface area contributed by atoms with Crippen molar-refractivity contribution in [1.82, 2.24) is 4.90 Å². The molecule has 5 nitrogen and oxygen atoms in total. The quantitative estimate of drug-likeness (QED) is 0.596. The Morgan fingerprint density at radius 2 is 1.58 bits per heavy atom. The van der Waals surface area contributed by atoms with E-state index in [9.17, 15) is 9.59 Å². The minimum absolute atomic E-state index is 0.190. The molecule has 0 fully saturated rings. The molecule has 0 atom stereocenters. The summed E-state index contributed by atoms with van der Waals surface area (Å²) in [5.41, 5.74) is 5.14. The third-order valence-corrected chi connectivity index (χ3v) is 5.38. The summed E-state index contributed by atoms with van der Waals surface area (Å²) in [5, 5.41) is 3.26. The molecule has 0 bridgehead atoms. The second-order valence-electron chi connectivity index (χ2n) is 7.60. The van der Waals surface area contributed by atoms with Gasteiger partial charge in [-0.1, -0.05) is 54.6 Å². The number of ether oxygens (including phenoxy) is 1. The SMILES string of the molecule is COc1ccc(CN2C(=O)C(Nc3cc(C)ccc3C)=C(c3ccccc3)C2=O)cc1. The summed E-state index contributed by atoms with van der Waals surface area (Å²) in [6, 6.07) is 22.7. The van der Waals surface area contributed by atoms with Gasteiger partial charge in [0.05, 0.1) is 19.2 Å². The number of hydrogen-bond donors (Lipinski definition) is 1. The van der Waals surface area contributed by atoms with Crippen LogP contribution in [0.2, 0.25) is 0 Å². The van der Waals surface area contributed by atoms with Crippen molar-refractivity contribution >= 4 is 23.1 Å². The van der Waals surface area contributed by atoms with Crippen LogP contribution in [0, 0.1) is 13.8 Å². The number of aryl methyl sites for hydroxylation is 2. The number of nitrogens with one attached hydrogen (secondary N) is 1. The van der Waals surface area contributed by atoms with E-state index in [2.05, 4.69) is 5.32 Å². The van der Waals surface area contributed by atoms with E-state index in [0.29, 0.717) is 16.8 Å². The van der Waals surface area contributed by atoms with Gasteiger partial charge in [-0.2, -0.15) is 0 Å². The molecule has 0 radical (unpaired) electrons. The van der Waals surface area contributed by atoms with Crippen LogP contribution in [0.4, 0.5) is 5.69 Å². The van der Waals surface area contributed by atoms with Crippen LogP contribution in [0.25, 0.3) is 5.57 Å². The zero-order valence-electron chi connectivity index (χ0n) is 17.8. The van der Waals surface area contributed by atoms with Crippen molar-refractivity contribution < 1.29 is 14.3 Å². The van der Waals surface area contributed by atoms with Crippen molar-refractivity contribution in [2.75, 3.05) is 12.4 Å². The lowest BCUT2D eigenvalue weighted by molar-refractivity contribution is -0.137. The summed E-state index contributed by atoms with van der Waals surface area (Å²) in [6.45, 7) is 4.16. The maximum Gasteiger partial charge on any atom is 0.278 e. The average molecular weight is 412 g/mol. The van der Waals surface area contributed by atoms with Gasteiger partial charge in [-0.05, 0) is 54.3 Å². The third kappa shape index (κ3) is 4.08. The molecule has 1 N–H and O–H groups in total. The monoisotopic (exact) mass is 412 g/mol. The Bertz CT molecular complexity index is 1170. The lowest BCUT2D eigenvalue weighted by atomic mass is 10.0. The maximum atomic E-state index is 13.4. The van der Waals surface area contributed by atoms with Gasteiger partial charge in [0.15, 0.2) is 0 Å². The fourth-order valence-corrected chi connectivity index (χ4v) is 3.63. The molecule has 156 valence electrons. The highest BCUT2D eigenvalue weighted by atomic mass is 16.5. The molecule has 0 aromatic heterocycles. The van der Waals surface area contributed by atoms with Crippen molar-refractivity contribution in [3.8, 4) is 5.75 Å². The van der Waals surface area contributed by atoms with E-state index in [4.69, 9.17) is 4.74 Å². The van der Waals surface area contributed by atoms with Gasteiger partial charge in [-0.15, -0.1) is 0 Å². The molecule has 0 aliphatic carbocycles. The van der Waals surface area contributed by atoms with Crippen LogP contribution in [0.3, 0.4) is 0 Å². The molecule has 0 saturated heterocycles. The van der Waals surface area contributed by atoms with Crippen molar-refractivity contribution in [2.45, 2.75) is 20.4 Å². The zero-order chi connectivity index (χ0) is 22.0. The highest BCUT2D eigenvalue weighted by Crippen LogP contribution is 2.32. The summed E-state index contributed by atoms with van der Waals surface area (Å²) in [4.78, 5) is 28.1. The Morgan fingerprint density at radius 1 is 0.871 bits per heavy atom. The van der Waals surface area contributed by atoms with Gasteiger partial charge in [0.2, 0.25) is 0 Å². The molecule has 0 spiro atoms. The Kier molecular flexibility index (Phi) is 5.58. The molecule has 31 heavy (non-hydrogen) atoms. The molecule has 0 saturated carbocycles. The van der Waals surface area contributed by atoms with Crippen molar-refractivity contribution in [3.63, 3.8) is 0 Å². The molecule has 1 heterocycles. The summed E-state index contributed by atoms with van der Waals surface area (Å²) < 4.78 is 5.19. The lowest BCUT2D eigenvalue weighted by Gasteiger charge is -2.16. The number of hydrogen-bond acceptors (Lipinski definition) is 4. The van der Waals surface area contributed by atoms with Gasteiger partial charge in [0, 0.05) is 5.69 Å². The Balaban J connectivity index is 1.72. The van der Waals surface area contributed by atoms with Crippen LogP contribution in [-0.2, 0) is 16.1 Å². The summed E-state index contributed by atoms with van der Waals surface area (Å²) >= 11 is 0. The molecule has 3 aromatic carbocycles. The number of carbonyl (C=O) groups is 2. The molecule has 3 aromatic rings. The Morgan fingerprint density at radius 3 is 2.26 bits per heavy atom. The standard InChI is InChI=1S/C26H24N2O3/c1-17-9-10-18(2)22(15-17)27-24-23(20-7-5-4-6-8-20)25(29)28(26(24)30)16-19-11-13-21(31-3)14-12-19/h4-15,27H,16H2,1-3H3. The fourth-order valence-electron chi connectivity index (χ4n) is 3.63. The predicted molar refractivity (Wildman–Crippen MR) is 121 cm³/mol. The summed E-state index contributed by atoms with van der Waals surface area (Å²) in [6.07, 6.45) is 0. The van der Waals surface area contributed by atoms with Crippen LogP contribution in [-0.4, -0.2) is 23.8 Å². The molecule has 1 aliphatic rings. The number of amides is 2. The molecule has 0 unspecified atom stereocenters. The highest BCUT2D eigenvalue weighted by molar-refractivity contribution is 6.36. The van der Waals surface area contributed by atoms with Gasteiger partial charge in [-0.25, -0.2) is 0 Å². The summed E-state index contributed by atoms with van der Waals surface area (Å²) in [7, 11) is 1.60. The van der Waals surface area contributed by atoms with E-state index in [0.717, 1.165) is 28.1 Å². The van der Waals surface area contributed by atoms with Crippen LogP contribution >= 0.6 is 0 Å². The first-order chi connectivity index (χ1) is 15.0. The number of carbonyl (C=O) groups excluding carboxylic acids is 2. The molecule has 1 aliphatic heterocycles. The molecular weight excluding hydrogens is 388 g/mol. The van der Waals surface area contributed by atoms with Crippen LogP contribution in [0.15, 0.2) is 78.5 Å². The van der Waals surface area contributed by atoms with E-state index >= 15 is 0 Å². The number of rotatable bonds is 6. The Hall–Kier alpha value is -3.86. The first-order valence-electron chi connectivity index (χ1n) is 10.1. The first-order valence-corrected chi connectivity index (χ1v) is 10.1. The van der Waals surface area contributed by atoms with Gasteiger partial charge < -0.3 is 10.1 Å². The van der Waals surface area contributed by atoms with E-state index in [1.54, 1.807) is 7.11 Å². The van der Waals surface area contributed by atoms with E-state index < -0.39 is 0 Å². The highest BCUT2D eigenvalue weighted by Gasteiger charge is 2.39. The van der Waals surface area contributed by atoms with Gasteiger partial charge in [0.1, 0.15) is 11.4 Å². The van der Waals surface area contributed by atoms with Crippen LogP contribution in [0.5, 0.6) is 5.75 Å². The van der Waals surface area contributed by atoms with E-state index in [-0.39, 0.29) is 18.4 Å². The van der Waals surface area contributed by atoms with Gasteiger partial charge >= 0.3 is 0 Å².